The van der Waals surface area contributed by atoms with E-state index in [4.69, 9.17) is 4.74 Å². The molecular weight excluding hydrogens is 226 g/mol. The molecule has 0 aliphatic heterocycles. The van der Waals surface area contributed by atoms with E-state index in [1.54, 1.807) is 4.57 Å². The van der Waals surface area contributed by atoms with Crippen molar-refractivity contribution in [1.29, 1.82) is 0 Å². The van der Waals surface area contributed by atoms with E-state index < -0.39 is 0 Å². The normalized spacial score (nSPS) is 11.1. The van der Waals surface area contributed by atoms with Gasteiger partial charge in [-0.25, -0.2) is 0 Å². The van der Waals surface area contributed by atoms with E-state index in [0.29, 0.717) is 0 Å². The largest absolute Gasteiger partial charge is 0.491 e. The molecule has 2 aromatic rings. The van der Waals surface area contributed by atoms with Crippen molar-refractivity contribution in [3.8, 4) is 5.75 Å². The standard InChI is InChI=1S/C15H19NO2/c1-4-8-16-9-7-12-10-13(18-11(2)3)5-6-14(12)15(16)17/h5-7,9-11H,4,8H2,1-3H3. The van der Waals surface area contributed by atoms with Crippen LogP contribution < -0.4 is 10.3 Å². The van der Waals surface area contributed by atoms with Crippen LogP contribution in [0.1, 0.15) is 27.2 Å². The van der Waals surface area contributed by atoms with Gasteiger partial charge in [-0.3, -0.25) is 4.79 Å². The third-order valence-electron chi connectivity index (χ3n) is 2.78. The molecule has 96 valence electrons. The summed E-state index contributed by atoms with van der Waals surface area (Å²) in [5.41, 5.74) is 0.0745. The van der Waals surface area contributed by atoms with E-state index in [2.05, 4.69) is 6.92 Å². The minimum Gasteiger partial charge on any atom is -0.491 e. The Hall–Kier alpha value is -1.77. The van der Waals surface area contributed by atoms with Crippen LogP contribution in [-0.2, 0) is 6.54 Å². The van der Waals surface area contributed by atoms with Gasteiger partial charge in [-0.15, -0.1) is 0 Å². The molecule has 1 heterocycles. The number of nitrogens with zero attached hydrogens (tertiary/aromatic N) is 1. The second-order valence-corrected chi connectivity index (χ2v) is 4.73. The van der Waals surface area contributed by atoms with Crippen LogP contribution in [-0.4, -0.2) is 10.7 Å². The first-order chi connectivity index (χ1) is 8.61. The predicted molar refractivity (Wildman–Crippen MR) is 74.3 cm³/mol. The van der Waals surface area contributed by atoms with Gasteiger partial charge in [0.1, 0.15) is 5.75 Å². The summed E-state index contributed by atoms with van der Waals surface area (Å²) >= 11 is 0. The summed E-state index contributed by atoms with van der Waals surface area (Å²) in [5.74, 6) is 0.810. The van der Waals surface area contributed by atoms with Crippen LogP contribution in [0.25, 0.3) is 10.8 Å². The predicted octanol–water partition coefficient (Wildman–Crippen LogP) is 3.20. The zero-order valence-corrected chi connectivity index (χ0v) is 11.1. The molecule has 0 amide bonds. The highest BCUT2D eigenvalue weighted by Gasteiger charge is 2.04. The minimum atomic E-state index is 0.0745. The Labute approximate surface area is 107 Å². The molecule has 0 spiro atoms. The molecular formula is C15H19NO2. The maximum atomic E-state index is 12.2. The lowest BCUT2D eigenvalue weighted by Crippen LogP contribution is -2.19. The van der Waals surface area contributed by atoms with Crippen LogP contribution in [0.4, 0.5) is 0 Å². The van der Waals surface area contributed by atoms with Crippen LogP contribution in [0.3, 0.4) is 0 Å². The van der Waals surface area contributed by atoms with E-state index in [1.807, 2.05) is 44.3 Å². The average molecular weight is 245 g/mol. The van der Waals surface area contributed by atoms with Gasteiger partial charge in [0, 0.05) is 18.1 Å². The minimum absolute atomic E-state index is 0.0745. The van der Waals surface area contributed by atoms with E-state index in [-0.39, 0.29) is 11.7 Å². The van der Waals surface area contributed by atoms with Crippen LogP contribution in [0.5, 0.6) is 5.75 Å². The molecule has 2 rings (SSSR count). The second kappa shape index (κ2) is 5.25. The van der Waals surface area contributed by atoms with Gasteiger partial charge >= 0.3 is 0 Å². The summed E-state index contributed by atoms with van der Waals surface area (Å²) in [7, 11) is 0. The third kappa shape index (κ3) is 2.55. The van der Waals surface area contributed by atoms with Gasteiger partial charge in [0.05, 0.1) is 6.10 Å². The summed E-state index contributed by atoms with van der Waals surface area (Å²) < 4.78 is 7.39. The van der Waals surface area contributed by atoms with E-state index in [1.165, 1.54) is 0 Å². The lowest BCUT2D eigenvalue weighted by molar-refractivity contribution is 0.243. The van der Waals surface area contributed by atoms with Gasteiger partial charge < -0.3 is 9.30 Å². The topological polar surface area (TPSA) is 31.2 Å². The molecule has 0 fully saturated rings. The molecule has 18 heavy (non-hydrogen) atoms. The molecule has 0 aliphatic rings. The summed E-state index contributed by atoms with van der Waals surface area (Å²) in [5, 5.41) is 1.69. The molecule has 0 unspecified atom stereocenters. The maximum absolute atomic E-state index is 12.2. The highest BCUT2D eigenvalue weighted by Crippen LogP contribution is 2.19. The Kier molecular flexibility index (Phi) is 3.70. The van der Waals surface area contributed by atoms with E-state index in [9.17, 15) is 4.79 Å². The Balaban J connectivity index is 2.47. The quantitative estimate of drug-likeness (QED) is 0.828. The van der Waals surface area contributed by atoms with Crippen LogP contribution in [0.2, 0.25) is 0 Å². The van der Waals surface area contributed by atoms with Crippen molar-refractivity contribution in [3.05, 3.63) is 40.8 Å². The number of rotatable bonds is 4. The Bertz CT molecular complexity index is 599. The average Bonchev–Trinajstić information content (AvgIpc) is 2.32. The number of hydrogen-bond acceptors (Lipinski definition) is 2. The van der Waals surface area contributed by atoms with Crippen molar-refractivity contribution in [2.75, 3.05) is 0 Å². The zero-order chi connectivity index (χ0) is 13.1. The molecule has 0 aliphatic carbocycles. The van der Waals surface area contributed by atoms with Crippen LogP contribution >= 0.6 is 0 Å². The van der Waals surface area contributed by atoms with Gasteiger partial charge in [0.2, 0.25) is 0 Å². The van der Waals surface area contributed by atoms with Gasteiger partial charge in [0.15, 0.2) is 0 Å². The molecule has 0 atom stereocenters. The van der Waals surface area contributed by atoms with Gasteiger partial charge in [-0.05, 0) is 49.9 Å². The SMILES string of the molecule is CCCn1ccc2cc(OC(C)C)ccc2c1=O. The fourth-order valence-electron chi connectivity index (χ4n) is 2.03. The van der Waals surface area contributed by atoms with Gasteiger partial charge in [-0.1, -0.05) is 6.92 Å². The van der Waals surface area contributed by atoms with E-state index >= 15 is 0 Å². The highest BCUT2D eigenvalue weighted by molar-refractivity contribution is 5.82. The fourth-order valence-corrected chi connectivity index (χ4v) is 2.03. The number of ether oxygens (including phenoxy) is 1. The first-order valence-electron chi connectivity index (χ1n) is 6.41. The number of hydrogen-bond donors (Lipinski definition) is 0. The summed E-state index contributed by atoms with van der Waals surface area (Å²) in [6, 6.07) is 7.61. The first-order valence-corrected chi connectivity index (χ1v) is 6.41. The summed E-state index contributed by atoms with van der Waals surface area (Å²) in [6.07, 6.45) is 2.95. The molecule has 1 aromatic carbocycles. The molecule has 0 N–H and O–H groups in total. The zero-order valence-electron chi connectivity index (χ0n) is 11.1. The van der Waals surface area contributed by atoms with E-state index in [0.717, 1.165) is 29.5 Å². The molecule has 3 nitrogen and oxygen atoms in total. The molecule has 0 radical (unpaired) electrons. The Morgan fingerprint density at radius 2 is 2.06 bits per heavy atom. The second-order valence-electron chi connectivity index (χ2n) is 4.73. The monoisotopic (exact) mass is 245 g/mol. The van der Waals surface area contributed by atoms with Crippen molar-refractivity contribution >= 4 is 10.8 Å². The van der Waals surface area contributed by atoms with Crippen molar-refractivity contribution in [2.24, 2.45) is 0 Å². The van der Waals surface area contributed by atoms with Crippen molar-refractivity contribution in [2.45, 2.75) is 39.8 Å². The Morgan fingerprint density at radius 1 is 1.28 bits per heavy atom. The van der Waals surface area contributed by atoms with Crippen LogP contribution in [0.15, 0.2) is 35.3 Å². The highest BCUT2D eigenvalue weighted by atomic mass is 16.5. The number of aryl methyl sites for hydroxylation is 1. The molecule has 1 aromatic heterocycles. The lowest BCUT2D eigenvalue weighted by atomic mass is 10.1. The number of pyridine rings is 1. The fraction of sp³-hybridized carbons (Fsp3) is 0.400. The third-order valence-corrected chi connectivity index (χ3v) is 2.78. The van der Waals surface area contributed by atoms with Crippen LogP contribution in [0, 0.1) is 0 Å². The van der Waals surface area contributed by atoms with Crippen molar-refractivity contribution in [1.82, 2.24) is 4.57 Å². The molecule has 0 saturated heterocycles. The number of aromatic nitrogens is 1. The molecule has 0 bridgehead atoms. The maximum Gasteiger partial charge on any atom is 0.258 e. The van der Waals surface area contributed by atoms with Gasteiger partial charge in [0.25, 0.3) is 5.56 Å². The number of fused-ring (bicyclic) bond motifs is 1. The Morgan fingerprint density at radius 3 is 2.72 bits per heavy atom. The van der Waals surface area contributed by atoms with Crippen molar-refractivity contribution < 1.29 is 4.74 Å². The number of benzene rings is 1. The first kappa shape index (κ1) is 12.7. The molecule has 3 heteroatoms. The lowest BCUT2D eigenvalue weighted by Gasteiger charge is -2.11. The smallest absolute Gasteiger partial charge is 0.258 e. The van der Waals surface area contributed by atoms with Gasteiger partial charge in [-0.2, -0.15) is 0 Å². The summed E-state index contributed by atoms with van der Waals surface area (Å²) in [4.78, 5) is 12.2. The summed E-state index contributed by atoms with van der Waals surface area (Å²) in [6.45, 7) is 6.81. The molecule has 0 saturated carbocycles. The van der Waals surface area contributed by atoms with Crippen molar-refractivity contribution in [3.63, 3.8) is 0 Å².